The van der Waals surface area contributed by atoms with Crippen LogP contribution in [0.1, 0.15) is 35.3 Å². The van der Waals surface area contributed by atoms with Crippen LogP contribution in [0.2, 0.25) is 0 Å². The number of halogens is 3. The topological polar surface area (TPSA) is 33.1 Å². The van der Waals surface area contributed by atoms with E-state index in [1.165, 1.54) is 0 Å². The minimum Gasteiger partial charge on any atom is -0.386 e. The monoisotopic (exact) mass is 283 g/mol. The lowest BCUT2D eigenvalue weighted by molar-refractivity contribution is -0.137. The Morgan fingerprint density at radius 1 is 1.41 bits per heavy atom. The fraction of sp³-hybridized carbons (Fsp3) is 0.700. The van der Waals surface area contributed by atoms with Crippen molar-refractivity contribution >= 4 is 23.1 Å². The van der Waals surface area contributed by atoms with Gasteiger partial charge in [0.05, 0.1) is 4.88 Å². The molecule has 2 heterocycles. The number of nitrogens with zero attached hydrogens (tertiary/aromatic N) is 1. The fourth-order valence-corrected chi connectivity index (χ4v) is 4.01. The Balaban J connectivity index is 2.08. The summed E-state index contributed by atoms with van der Waals surface area (Å²) in [5, 5.41) is 9.13. The van der Waals surface area contributed by atoms with Crippen molar-refractivity contribution in [1.82, 2.24) is 4.98 Å². The molecule has 0 aliphatic carbocycles. The second-order valence-electron chi connectivity index (χ2n) is 3.92. The second-order valence-corrected chi connectivity index (χ2v) is 6.32. The molecule has 0 spiro atoms. The lowest BCUT2D eigenvalue weighted by Crippen LogP contribution is -2.18. The summed E-state index contributed by atoms with van der Waals surface area (Å²) in [7, 11) is 0. The van der Waals surface area contributed by atoms with Crippen molar-refractivity contribution in [3.05, 3.63) is 16.1 Å². The van der Waals surface area contributed by atoms with E-state index in [2.05, 4.69) is 4.98 Å². The zero-order chi connectivity index (χ0) is 12.5. The molecule has 0 aromatic carbocycles. The van der Waals surface area contributed by atoms with Gasteiger partial charge < -0.3 is 5.11 Å². The molecular weight excluding hydrogens is 271 g/mol. The van der Waals surface area contributed by atoms with Crippen LogP contribution in [0.15, 0.2) is 6.20 Å². The maximum absolute atomic E-state index is 12.4. The number of thiazole rings is 1. The fourth-order valence-electron chi connectivity index (χ4n) is 1.75. The van der Waals surface area contributed by atoms with Gasteiger partial charge in [-0.2, -0.15) is 24.9 Å². The zero-order valence-corrected chi connectivity index (χ0v) is 10.5. The van der Waals surface area contributed by atoms with Crippen LogP contribution >= 0.6 is 23.1 Å². The summed E-state index contributed by atoms with van der Waals surface area (Å²) >= 11 is 2.17. The Labute approximate surface area is 105 Å². The first kappa shape index (κ1) is 13.2. The van der Waals surface area contributed by atoms with Crippen LogP contribution in [-0.2, 0) is 6.18 Å². The van der Waals surface area contributed by atoms with Crippen LogP contribution in [0.5, 0.6) is 0 Å². The minimum absolute atomic E-state index is 0.00489. The van der Waals surface area contributed by atoms with Crippen LogP contribution < -0.4 is 0 Å². The predicted octanol–water partition coefficient (Wildman–Crippen LogP) is 3.48. The molecule has 0 saturated carbocycles. The highest BCUT2D eigenvalue weighted by Gasteiger charge is 2.36. The lowest BCUT2D eigenvalue weighted by atomic mass is 10.1. The smallest absolute Gasteiger partial charge is 0.386 e. The molecular formula is C10H12F3NOS2. The molecule has 0 bridgehead atoms. The molecule has 1 saturated heterocycles. The Kier molecular flexibility index (Phi) is 3.99. The van der Waals surface area contributed by atoms with E-state index in [9.17, 15) is 18.3 Å². The van der Waals surface area contributed by atoms with E-state index < -0.39 is 17.3 Å². The van der Waals surface area contributed by atoms with Crippen molar-refractivity contribution in [3.8, 4) is 0 Å². The molecule has 0 amide bonds. The van der Waals surface area contributed by atoms with Gasteiger partial charge in [0, 0.05) is 11.4 Å². The SMILES string of the molecule is OC(c1cnc(C(F)(F)F)s1)C1CCCCS1. The van der Waals surface area contributed by atoms with Gasteiger partial charge in [0.25, 0.3) is 0 Å². The molecule has 1 fully saturated rings. The minimum atomic E-state index is -4.41. The third-order valence-electron chi connectivity index (χ3n) is 2.62. The molecule has 1 aliphatic rings. The molecule has 96 valence electrons. The largest absolute Gasteiger partial charge is 0.443 e. The van der Waals surface area contributed by atoms with E-state index in [1.54, 1.807) is 11.8 Å². The zero-order valence-electron chi connectivity index (χ0n) is 8.91. The second kappa shape index (κ2) is 5.16. The predicted molar refractivity (Wildman–Crippen MR) is 62.2 cm³/mol. The third kappa shape index (κ3) is 3.14. The first-order chi connectivity index (χ1) is 7.98. The summed E-state index contributed by atoms with van der Waals surface area (Å²) in [6.07, 6.45) is -1.10. The number of alkyl halides is 3. The van der Waals surface area contributed by atoms with Crippen LogP contribution in [0.3, 0.4) is 0 Å². The summed E-state index contributed by atoms with van der Waals surface area (Å²) in [4.78, 5) is 3.64. The highest BCUT2D eigenvalue weighted by molar-refractivity contribution is 8.00. The lowest BCUT2D eigenvalue weighted by Gasteiger charge is -2.25. The maximum Gasteiger partial charge on any atom is 0.443 e. The van der Waals surface area contributed by atoms with Crippen LogP contribution in [0, 0.1) is 0 Å². The highest BCUT2D eigenvalue weighted by Crippen LogP contribution is 2.39. The van der Waals surface area contributed by atoms with Crippen molar-refractivity contribution in [2.45, 2.75) is 36.8 Å². The van der Waals surface area contributed by atoms with Gasteiger partial charge >= 0.3 is 6.18 Å². The van der Waals surface area contributed by atoms with Crippen LogP contribution in [0.4, 0.5) is 13.2 Å². The van der Waals surface area contributed by atoms with Gasteiger partial charge in [-0.15, -0.1) is 11.3 Å². The Bertz CT molecular complexity index is 374. The van der Waals surface area contributed by atoms with Gasteiger partial charge in [0.1, 0.15) is 6.10 Å². The standard InChI is InChI=1S/C10H12F3NOS2/c11-10(12,13)9-14-5-7(17-9)8(15)6-3-1-2-4-16-6/h5-6,8,15H,1-4H2. The van der Waals surface area contributed by atoms with Gasteiger partial charge in [-0.05, 0) is 18.6 Å². The van der Waals surface area contributed by atoms with Crippen molar-refractivity contribution in [2.24, 2.45) is 0 Å². The molecule has 2 unspecified atom stereocenters. The van der Waals surface area contributed by atoms with Gasteiger partial charge in [-0.25, -0.2) is 4.98 Å². The molecule has 2 atom stereocenters. The first-order valence-corrected chi connectivity index (χ1v) is 7.17. The molecule has 17 heavy (non-hydrogen) atoms. The van der Waals surface area contributed by atoms with Crippen molar-refractivity contribution < 1.29 is 18.3 Å². The molecule has 1 aliphatic heterocycles. The number of rotatable bonds is 2. The molecule has 2 nitrogen and oxygen atoms in total. The van der Waals surface area contributed by atoms with Gasteiger partial charge in [0.2, 0.25) is 0 Å². The molecule has 1 aromatic rings. The van der Waals surface area contributed by atoms with Crippen molar-refractivity contribution in [2.75, 3.05) is 5.75 Å². The molecule has 7 heteroatoms. The normalized spacial score (nSPS) is 23.6. The first-order valence-electron chi connectivity index (χ1n) is 5.31. The number of aliphatic hydroxyl groups excluding tert-OH is 1. The van der Waals surface area contributed by atoms with E-state index in [-0.39, 0.29) is 5.25 Å². The van der Waals surface area contributed by atoms with Crippen molar-refractivity contribution in [1.29, 1.82) is 0 Å². The summed E-state index contributed by atoms with van der Waals surface area (Å²) in [5.41, 5.74) is 0. The van der Waals surface area contributed by atoms with Crippen LogP contribution in [0.25, 0.3) is 0 Å². The third-order valence-corrected chi connectivity index (χ3v) is 5.18. The van der Waals surface area contributed by atoms with E-state index in [4.69, 9.17) is 0 Å². The molecule has 1 N–H and O–H groups in total. The summed E-state index contributed by atoms with van der Waals surface area (Å²) in [5.74, 6) is 0.965. The van der Waals surface area contributed by atoms with Crippen molar-refractivity contribution in [3.63, 3.8) is 0 Å². The van der Waals surface area contributed by atoms with Gasteiger partial charge in [0.15, 0.2) is 5.01 Å². The van der Waals surface area contributed by atoms with Crippen LogP contribution in [-0.4, -0.2) is 21.1 Å². The van der Waals surface area contributed by atoms with E-state index in [1.807, 2.05) is 0 Å². The highest BCUT2D eigenvalue weighted by atomic mass is 32.2. The summed E-state index contributed by atoms with van der Waals surface area (Å²) in [6, 6.07) is 0. The van der Waals surface area contributed by atoms with Gasteiger partial charge in [-0.1, -0.05) is 6.42 Å². The number of aliphatic hydroxyl groups is 1. The number of hydrogen-bond acceptors (Lipinski definition) is 4. The Morgan fingerprint density at radius 3 is 2.71 bits per heavy atom. The average Bonchev–Trinajstić information content (AvgIpc) is 2.78. The molecule has 1 aromatic heterocycles. The van der Waals surface area contributed by atoms with Gasteiger partial charge in [-0.3, -0.25) is 0 Å². The van der Waals surface area contributed by atoms with E-state index >= 15 is 0 Å². The summed E-state index contributed by atoms with van der Waals surface area (Å²) in [6.45, 7) is 0. The molecule has 2 rings (SSSR count). The van der Waals surface area contributed by atoms with E-state index in [0.29, 0.717) is 16.2 Å². The number of thioether (sulfide) groups is 1. The summed E-state index contributed by atoms with van der Waals surface area (Å²) < 4.78 is 37.1. The maximum atomic E-state index is 12.4. The number of aromatic nitrogens is 1. The Hall–Kier alpha value is -0.270. The Morgan fingerprint density at radius 2 is 2.18 bits per heavy atom. The average molecular weight is 283 g/mol. The number of hydrogen-bond donors (Lipinski definition) is 1. The quantitative estimate of drug-likeness (QED) is 0.902. The van der Waals surface area contributed by atoms with E-state index in [0.717, 1.165) is 31.2 Å². The molecule has 0 radical (unpaired) electrons.